The van der Waals surface area contributed by atoms with Crippen molar-refractivity contribution in [3.05, 3.63) is 0 Å². The zero-order valence-electron chi connectivity index (χ0n) is 13.1. The molecule has 2 aliphatic heterocycles. The van der Waals surface area contributed by atoms with Gasteiger partial charge in [-0.1, -0.05) is 6.92 Å². The van der Waals surface area contributed by atoms with Crippen LogP contribution in [0.4, 0.5) is 0 Å². The van der Waals surface area contributed by atoms with Gasteiger partial charge in [0.2, 0.25) is 0 Å². The molecule has 2 saturated heterocycles. The monoisotopic (exact) mass is 299 g/mol. The molecule has 3 aliphatic rings. The molecule has 5 heteroatoms. The third kappa shape index (κ3) is 3.96. The number of nitrogens with one attached hydrogen (secondary N) is 1. The van der Waals surface area contributed by atoms with Crippen molar-refractivity contribution < 1.29 is 18.9 Å². The average Bonchev–Trinajstić information content (AvgIpc) is 2.97. The number of hydrogen-bond donors (Lipinski definition) is 1. The van der Waals surface area contributed by atoms with Crippen LogP contribution in [0.25, 0.3) is 0 Å². The summed E-state index contributed by atoms with van der Waals surface area (Å²) in [5.74, 6) is 0.274. The van der Waals surface area contributed by atoms with Crippen molar-refractivity contribution in [2.24, 2.45) is 5.92 Å². The van der Waals surface area contributed by atoms with E-state index in [1.807, 2.05) is 0 Å². The third-order valence-corrected chi connectivity index (χ3v) is 4.96. The van der Waals surface area contributed by atoms with Crippen LogP contribution in [0.3, 0.4) is 0 Å². The zero-order valence-corrected chi connectivity index (χ0v) is 13.1. The normalized spacial score (nSPS) is 33.6. The molecule has 0 amide bonds. The van der Waals surface area contributed by atoms with Crippen LogP contribution in [0, 0.1) is 5.92 Å². The van der Waals surface area contributed by atoms with E-state index in [9.17, 15) is 0 Å². The van der Waals surface area contributed by atoms with Crippen molar-refractivity contribution in [1.82, 2.24) is 5.32 Å². The summed E-state index contributed by atoms with van der Waals surface area (Å²) in [4.78, 5) is 0. The molecule has 2 atom stereocenters. The number of hydrogen-bond acceptors (Lipinski definition) is 5. The van der Waals surface area contributed by atoms with Crippen LogP contribution >= 0.6 is 0 Å². The van der Waals surface area contributed by atoms with E-state index in [0.717, 1.165) is 71.7 Å². The molecule has 1 saturated carbocycles. The number of likely N-dealkylation sites (N-methyl/N-ethyl adjacent to an activating group) is 1. The van der Waals surface area contributed by atoms with E-state index in [1.54, 1.807) is 0 Å². The molecule has 2 unspecified atom stereocenters. The molecular formula is C16H29NO4. The highest BCUT2D eigenvalue weighted by Gasteiger charge is 2.45. The van der Waals surface area contributed by atoms with E-state index < -0.39 is 0 Å². The van der Waals surface area contributed by atoms with Gasteiger partial charge in [0.1, 0.15) is 0 Å². The fourth-order valence-electron chi connectivity index (χ4n) is 3.71. The molecule has 122 valence electrons. The van der Waals surface area contributed by atoms with Gasteiger partial charge in [-0.05, 0) is 31.7 Å². The molecular weight excluding hydrogens is 270 g/mol. The Hall–Kier alpha value is -0.200. The van der Waals surface area contributed by atoms with Crippen LogP contribution in [0.2, 0.25) is 0 Å². The lowest BCUT2D eigenvalue weighted by Crippen LogP contribution is -2.52. The van der Waals surface area contributed by atoms with Crippen molar-refractivity contribution in [3.8, 4) is 0 Å². The Kier molecular flexibility index (Phi) is 5.51. The van der Waals surface area contributed by atoms with E-state index in [4.69, 9.17) is 18.9 Å². The number of ether oxygens (including phenoxy) is 4. The summed E-state index contributed by atoms with van der Waals surface area (Å²) in [6, 6.07) is 0.424. The highest BCUT2D eigenvalue weighted by atomic mass is 16.7. The van der Waals surface area contributed by atoms with Crippen LogP contribution in [-0.2, 0) is 18.9 Å². The first kappa shape index (κ1) is 15.7. The first-order valence-electron chi connectivity index (χ1n) is 8.52. The maximum Gasteiger partial charge on any atom is 0.171 e. The first-order chi connectivity index (χ1) is 10.3. The van der Waals surface area contributed by atoms with E-state index in [-0.39, 0.29) is 11.9 Å². The predicted molar refractivity (Wildman–Crippen MR) is 79.2 cm³/mol. The maximum absolute atomic E-state index is 6.30. The van der Waals surface area contributed by atoms with Crippen molar-refractivity contribution in [3.63, 3.8) is 0 Å². The molecule has 2 heterocycles. The van der Waals surface area contributed by atoms with Crippen LogP contribution < -0.4 is 5.32 Å². The summed E-state index contributed by atoms with van der Waals surface area (Å²) in [5.41, 5.74) is 0. The Morgan fingerprint density at radius 2 is 1.86 bits per heavy atom. The fourth-order valence-corrected chi connectivity index (χ4v) is 3.71. The SMILES string of the molecule is CCNC1CCC2(CC1OCC1CCOCC1)OCCO2. The molecule has 1 aliphatic carbocycles. The smallest absolute Gasteiger partial charge is 0.171 e. The molecule has 5 nitrogen and oxygen atoms in total. The Morgan fingerprint density at radius 1 is 1.10 bits per heavy atom. The molecule has 1 spiro atoms. The molecule has 21 heavy (non-hydrogen) atoms. The van der Waals surface area contributed by atoms with Gasteiger partial charge in [-0.3, -0.25) is 0 Å². The standard InChI is InChI=1S/C16H29NO4/c1-2-17-14-3-6-16(20-9-10-21-16)11-15(14)19-12-13-4-7-18-8-5-13/h13-15,17H,2-12H2,1H3. The van der Waals surface area contributed by atoms with Crippen molar-refractivity contribution in [1.29, 1.82) is 0 Å². The van der Waals surface area contributed by atoms with E-state index >= 15 is 0 Å². The Morgan fingerprint density at radius 3 is 2.57 bits per heavy atom. The van der Waals surface area contributed by atoms with Crippen LogP contribution in [0.1, 0.15) is 39.0 Å². The summed E-state index contributed by atoms with van der Waals surface area (Å²) in [5, 5.41) is 3.57. The zero-order chi connectivity index (χ0) is 14.5. The van der Waals surface area contributed by atoms with Gasteiger partial charge in [0.05, 0.1) is 25.9 Å². The summed E-state index contributed by atoms with van der Waals surface area (Å²) in [6.45, 7) is 7.18. The third-order valence-electron chi connectivity index (χ3n) is 4.96. The molecule has 0 radical (unpaired) electrons. The minimum atomic E-state index is -0.369. The minimum Gasteiger partial charge on any atom is -0.381 e. The summed E-state index contributed by atoms with van der Waals surface area (Å²) in [7, 11) is 0. The molecule has 3 fully saturated rings. The molecule has 1 N–H and O–H groups in total. The lowest BCUT2D eigenvalue weighted by Gasteiger charge is -2.41. The van der Waals surface area contributed by atoms with Gasteiger partial charge in [0.25, 0.3) is 0 Å². The number of rotatable bonds is 5. The van der Waals surface area contributed by atoms with Gasteiger partial charge < -0.3 is 24.3 Å². The van der Waals surface area contributed by atoms with Crippen molar-refractivity contribution in [2.45, 2.75) is 57.0 Å². The van der Waals surface area contributed by atoms with Gasteiger partial charge in [-0.15, -0.1) is 0 Å². The lowest BCUT2D eigenvalue weighted by molar-refractivity contribution is -0.209. The van der Waals surface area contributed by atoms with Crippen molar-refractivity contribution in [2.75, 3.05) is 39.6 Å². The largest absolute Gasteiger partial charge is 0.381 e. The highest BCUT2D eigenvalue weighted by molar-refractivity contribution is 4.92. The topological polar surface area (TPSA) is 49.0 Å². The van der Waals surface area contributed by atoms with Gasteiger partial charge >= 0.3 is 0 Å². The van der Waals surface area contributed by atoms with E-state index in [0.29, 0.717) is 12.0 Å². The summed E-state index contributed by atoms with van der Waals surface area (Å²) >= 11 is 0. The quantitative estimate of drug-likeness (QED) is 0.837. The van der Waals surface area contributed by atoms with E-state index in [1.165, 1.54) is 0 Å². The fraction of sp³-hybridized carbons (Fsp3) is 1.00. The van der Waals surface area contributed by atoms with Crippen molar-refractivity contribution >= 4 is 0 Å². The Bertz CT molecular complexity index is 313. The van der Waals surface area contributed by atoms with Gasteiger partial charge in [-0.25, -0.2) is 0 Å². The van der Waals surface area contributed by atoms with Crippen LogP contribution in [-0.4, -0.2) is 57.5 Å². The van der Waals surface area contributed by atoms with Gasteiger partial charge in [0, 0.05) is 32.1 Å². The highest BCUT2D eigenvalue weighted by Crippen LogP contribution is 2.37. The molecule has 0 aromatic carbocycles. The first-order valence-corrected chi connectivity index (χ1v) is 8.52. The lowest BCUT2D eigenvalue weighted by atomic mass is 9.87. The van der Waals surface area contributed by atoms with Crippen LogP contribution in [0.5, 0.6) is 0 Å². The predicted octanol–water partition coefficient (Wildman–Crippen LogP) is 1.70. The van der Waals surface area contributed by atoms with E-state index in [2.05, 4.69) is 12.2 Å². The second-order valence-electron chi connectivity index (χ2n) is 6.44. The summed E-state index contributed by atoms with van der Waals surface area (Å²) < 4.78 is 23.5. The summed E-state index contributed by atoms with van der Waals surface area (Å²) in [6.07, 6.45) is 5.33. The second-order valence-corrected chi connectivity index (χ2v) is 6.44. The minimum absolute atomic E-state index is 0.194. The maximum atomic E-state index is 6.30. The van der Waals surface area contributed by atoms with Crippen LogP contribution in [0.15, 0.2) is 0 Å². The Balaban J connectivity index is 1.54. The molecule has 0 aromatic heterocycles. The van der Waals surface area contributed by atoms with Gasteiger partial charge in [0.15, 0.2) is 5.79 Å². The molecule has 3 rings (SSSR count). The molecule has 0 aromatic rings. The Labute approximate surface area is 127 Å². The van der Waals surface area contributed by atoms with Gasteiger partial charge in [-0.2, -0.15) is 0 Å². The molecule has 0 bridgehead atoms. The second kappa shape index (κ2) is 7.38. The average molecular weight is 299 g/mol.